The molecule has 0 atom stereocenters. The van der Waals surface area contributed by atoms with Crippen molar-refractivity contribution in [2.45, 2.75) is 0 Å². The van der Waals surface area contributed by atoms with E-state index in [0.717, 1.165) is 4.90 Å². The molecule has 112 valence electrons. The van der Waals surface area contributed by atoms with Crippen LogP contribution in [0.5, 0.6) is 11.5 Å². The van der Waals surface area contributed by atoms with Crippen LogP contribution in [0, 0.1) is 0 Å². The molecule has 0 fully saturated rings. The molecule has 0 saturated carbocycles. The van der Waals surface area contributed by atoms with Crippen LogP contribution >= 0.6 is 0 Å². The summed E-state index contributed by atoms with van der Waals surface area (Å²) in [7, 11) is 1.35. The van der Waals surface area contributed by atoms with Crippen molar-refractivity contribution in [1.82, 2.24) is 10.2 Å². The normalized spacial score (nSPS) is 11.9. The SMILES string of the molecule is CN(CC(=O)O)C(=O)CNC(=O)c1ccc2c(c1)OCO2. The second-order valence-corrected chi connectivity index (χ2v) is 4.39. The van der Waals surface area contributed by atoms with Crippen molar-refractivity contribution >= 4 is 17.8 Å². The number of nitrogens with zero attached hydrogens (tertiary/aromatic N) is 1. The molecule has 21 heavy (non-hydrogen) atoms. The van der Waals surface area contributed by atoms with Gasteiger partial charge < -0.3 is 24.8 Å². The molecule has 1 aliphatic rings. The molecule has 1 aliphatic heterocycles. The van der Waals surface area contributed by atoms with Gasteiger partial charge >= 0.3 is 5.97 Å². The number of hydrogen-bond donors (Lipinski definition) is 2. The molecule has 0 bridgehead atoms. The molecule has 8 nitrogen and oxygen atoms in total. The van der Waals surface area contributed by atoms with E-state index in [2.05, 4.69) is 5.32 Å². The molecule has 2 amide bonds. The topological polar surface area (TPSA) is 105 Å². The maximum Gasteiger partial charge on any atom is 0.323 e. The van der Waals surface area contributed by atoms with Gasteiger partial charge in [0.15, 0.2) is 11.5 Å². The highest BCUT2D eigenvalue weighted by Crippen LogP contribution is 2.32. The number of nitrogens with one attached hydrogen (secondary N) is 1. The minimum absolute atomic E-state index is 0.110. The molecule has 8 heteroatoms. The zero-order chi connectivity index (χ0) is 15.4. The fourth-order valence-corrected chi connectivity index (χ4v) is 1.72. The Morgan fingerprint density at radius 2 is 2.00 bits per heavy atom. The van der Waals surface area contributed by atoms with E-state index < -0.39 is 24.3 Å². The number of rotatable bonds is 5. The van der Waals surface area contributed by atoms with Gasteiger partial charge in [-0.15, -0.1) is 0 Å². The Morgan fingerprint density at radius 3 is 2.71 bits per heavy atom. The summed E-state index contributed by atoms with van der Waals surface area (Å²) in [5.74, 6) is -1.04. The first-order valence-electron chi connectivity index (χ1n) is 6.11. The number of aliphatic carboxylic acids is 1. The first-order valence-corrected chi connectivity index (χ1v) is 6.11. The van der Waals surface area contributed by atoms with E-state index in [4.69, 9.17) is 14.6 Å². The van der Waals surface area contributed by atoms with Gasteiger partial charge in [0.05, 0.1) is 6.54 Å². The summed E-state index contributed by atoms with van der Waals surface area (Å²) < 4.78 is 10.3. The predicted molar refractivity (Wildman–Crippen MR) is 70.2 cm³/mol. The Morgan fingerprint density at radius 1 is 1.29 bits per heavy atom. The number of amides is 2. The molecule has 0 aromatic heterocycles. The lowest BCUT2D eigenvalue weighted by molar-refractivity contribution is -0.143. The quantitative estimate of drug-likeness (QED) is 0.771. The summed E-state index contributed by atoms with van der Waals surface area (Å²) in [5, 5.41) is 11.0. The first-order chi connectivity index (χ1) is 9.97. The van der Waals surface area contributed by atoms with Crippen LogP contribution in [-0.2, 0) is 9.59 Å². The molecule has 1 aromatic carbocycles. The van der Waals surface area contributed by atoms with Crippen molar-refractivity contribution in [2.24, 2.45) is 0 Å². The number of hydrogen-bond acceptors (Lipinski definition) is 5. The van der Waals surface area contributed by atoms with Crippen LogP contribution in [0.25, 0.3) is 0 Å². The van der Waals surface area contributed by atoms with Gasteiger partial charge in [0.25, 0.3) is 5.91 Å². The summed E-state index contributed by atoms with van der Waals surface area (Å²) >= 11 is 0. The highest BCUT2D eigenvalue weighted by molar-refractivity contribution is 5.97. The Labute approximate surface area is 120 Å². The molecule has 0 saturated heterocycles. The fraction of sp³-hybridized carbons (Fsp3) is 0.308. The number of carbonyl (C=O) groups is 3. The molecule has 1 heterocycles. The number of likely N-dealkylation sites (N-methyl/N-ethyl adjacent to an activating group) is 1. The van der Waals surface area contributed by atoms with Gasteiger partial charge in [0, 0.05) is 12.6 Å². The van der Waals surface area contributed by atoms with Crippen molar-refractivity contribution in [3.05, 3.63) is 23.8 Å². The van der Waals surface area contributed by atoms with Gasteiger partial charge in [0.2, 0.25) is 12.7 Å². The number of ether oxygens (including phenoxy) is 2. The van der Waals surface area contributed by atoms with Crippen molar-refractivity contribution in [3.8, 4) is 11.5 Å². The number of fused-ring (bicyclic) bond motifs is 1. The molecular formula is C13H14N2O6. The molecular weight excluding hydrogens is 280 g/mol. The highest BCUT2D eigenvalue weighted by Gasteiger charge is 2.17. The van der Waals surface area contributed by atoms with Gasteiger partial charge in [0.1, 0.15) is 6.54 Å². The molecule has 1 aromatic rings. The fourth-order valence-electron chi connectivity index (χ4n) is 1.72. The number of carboxylic acid groups (broad SMARTS) is 1. The van der Waals surface area contributed by atoms with E-state index in [0.29, 0.717) is 17.1 Å². The van der Waals surface area contributed by atoms with Crippen molar-refractivity contribution in [3.63, 3.8) is 0 Å². The maximum atomic E-state index is 11.9. The zero-order valence-electron chi connectivity index (χ0n) is 11.3. The third-order valence-electron chi connectivity index (χ3n) is 2.83. The van der Waals surface area contributed by atoms with Crippen LogP contribution in [0.4, 0.5) is 0 Å². The van der Waals surface area contributed by atoms with Crippen LogP contribution in [0.15, 0.2) is 18.2 Å². The third-order valence-corrected chi connectivity index (χ3v) is 2.83. The number of carboxylic acids is 1. The summed E-state index contributed by atoms with van der Waals surface area (Å²) in [6.07, 6.45) is 0. The monoisotopic (exact) mass is 294 g/mol. The van der Waals surface area contributed by atoms with E-state index in [9.17, 15) is 14.4 Å². The van der Waals surface area contributed by atoms with Gasteiger partial charge in [-0.05, 0) is 18.2 Å². The number of benzene rings is 1. The van der Waals surface area contributed by atoms with Crippen LogP contribution in [0.1, 0.15) is 10.4 Å². The minimum Gasteiger partial charge on any atom is -0.480 e. The van der Waals surface area contributed by atoms with Crippen LogP contribution in [-0.4, -0.2) is 54.7 Å². The predicted octanol–water partition coefficient (Wildman–Crippen LogP) is -0.312. The number of carbonyl (C=O) groups excluding carboxylic acids is 2. The Balaban J connectivity index is 1.90. The summed E-state index contributed by atoms with van der Waals surface area (Å²) in [6, 6.07) is 4.67. The van der Waals surface area contributed by atoms with E-state index >= 15 is 0 Å². The minimum atomic E-state index is -1.12. The van der Waals surface area contributed by atoms with E-state index in [1.807, 2.05) is 0 Å². The van der Waals surface area contributed by atoms with Gasteiger partial charge in [-0.25, -0.2) is 0 Å². The zero-order valence-corrected chi connectivity index (χ0v) is 11.3. The van der Waals surface area contributed by atoms with Gasteiger partial charge in [-0.1, -0.05) is 0 Å². The Kier molecular flexibility index (Phi) is 4.27. The highest BCUT2D eigenvalue weighted by atomic mass is 16.7. The van der Waals surface area contributed by atoms with Crippen molar-refractivity contribution < 1.29 is 29.0 Å². The lowest BCUT2D eigenvalue weighted by Crippen LogP contribution is -2.40. The van der Waals surface area contributed by atoms with Crippen molar-refractivity contribution in [2.75, 3.05) is 26.9 Å². The summed E-state index contributed by atoms with van der Waals surface area (Å²) in [6.45, 7) is -0.589. The third kappa shape index (κ3) is 3.62. The lowest BCUT2D eigenvalue weighted by atomic mass is 10.2. The molecule has 0 aliphatic carbocycles. The van der Waals surface area contributed by atoms with Crippen LogP contribution < -0.4 is 14.8 Å². The smallest absolute Gasteiger partial charge is 0.323 e. The maximum absolute atomic E-state index is 11.9. The van der Waals surface area contributed by atoms with Crippen LogP contribution in [0.2, 0.25) is 0 Å². The lowest BCUT2D eigenvalue weighted by Gasteiger charge is -2.14. The Bertz CT molecular complexity index is 586. The second kappa shape index (κ2) is 6.12. The van der Waals surface area contributed by atoms with Crippen molar-refractivity contribution in [1.29, 1.82) is 0 Å². The summed E-state index contributed by atoms with van der Waals surface area (Å²) in [5.41, 5.74) is 0.327. The molecule has 0 unspecified atom stereocenters. The van der Waals surface area contributed by atoms with Crippen LogP contribution in [0.3, 0.4) is 0 Å². The van der Waals surface area contributed by atoms with E-state index in [1.54, 1.807) is 12.1 Å². The van der Waals surface area contributed by atoms with E-state index in [1.165, 1.54) is 13.1 Å². The molecule has 0 radical (unpaired) electrons. The Hall–Kier alpha value is -2.77. The first kappa shape index (κ1) is 14.6. The molecule has 2 rings (SSSR count). The molecule has 0 spiro atoms. The van der Waals surface area contributed by atoms with Gasteiger partial charge in [-0.2, -0.15) is 0 Å². The van der Waals surface area contributed by atoms with Gasteiger partial charge in [-0.3, -0.25) is 14.4 Å². The average Bonchev–Trinajstić information content (AvgIpc) is 2.90. The average molecular weight is 294 g/mol. The summed E-state index contributed by atoms with van der Waals surface area (Å²) in [4.78, 5) is 35.0. The standard InChI is InChI=1S/C13H14N2O6/c1-15(6-12(17)18)11(16)5-14-13(19)8-2-3-9-10(4-8)21-7-20-9/h2-4H,5-7H2,1H3,(H,14,19)(H,17,18). The van der Waals surface area contributed by atoms with E-state index in [-0.39, 0.29) is 13.3 Å². The second-order valence-electron chi connectivity index (χ2n) is 4.39. The molecule has 2 N–H and O–H groups in total. The largest absolute Gasteiger partial charge is 0.480 e.